The van der Waals surface area contributed by atoms with Crippen LogP contribution in [-0.4, -0.2) is 31.0 Å². The van der Waals surface area contributed by atoms with Crippen molar-refractivity contribution < 1.29 is 4.74 Å². The summed E-state index contributed by atoms with van der Waals surface area (Å²) < 4.78 is 5.93. The standard InChI is InChI=1S/C11H22N2O/c1-3-10(2)6-8-14-11(13-10)5-4-7-12-9-11/h12-13H,3-9H2,1-2H3. The van der Waals surface area contributed by atoms with Gasteiger partial charge in [-0.15, -0.1) is 0 Å². The maximum atomic E-state index is 5.93. The Bertz CT molecular complexity index is 196. The van der Waals surface area contributed by atoms with Crippen molar-refractivity contribution in [1.82, 2.24) is 10.6 Å². The Balaban J connectivity index is 2.04. The summed E-state index contributed by atoms with van der Waals surface area (Å²) in [5.41, 5.74) is 0.207. The molecule has 0 aromatic rings. The van der Waals surface area contributed by atoms with Crippen LogP contribution in [0.5, 0.6) is 0 Å². The SMILES string of the molecule is CCC1(C)CCOC2(CCCNC2)N1. The van der Waals surface area contributed by atoms with Crippen LogP contribution in [-0.2, 0) is 4.74 Å². The monoisotopic (exact) mass is 198 g/mol. The summed E-state index contributed by atoms with van der Waals surface area (Å²) in [4.78, 5) is 0. The van der Waals surface area contributed by atoms with Crippen LogP contribution in [0.1, 0.15) is 39.5 Å². The summed E-state index contributed by atoms with van der Waals surface area (Å²) in [6.45, 7) is 7.56. The largest absolute Gasteiger partial charge is 0.359 e. The summed E-state index contributed by atoms with van der Waals surface area (Å²) >= 11 is 0. The lowest BCUT2D eigenvalue weighted by Crippen LogP contribution is -2.67. The second-order valence-electron chi connectivity index (χ2n) is 4.91. The highest BCUT2D eigenvalue weighted by molar-refractivity contribution is 4.96. The van der Waals surface area contributed by atoms with E-state index >= 15 is 0 Å². The van der Waals surface area contributed by atoms with E-state index < -0.39 is 0 Å². The first-order valence-electron chi connectivity index (χ1n) is 5.82. The Morgan fingerprint density at radius 2 is 2.21 bits per heavy atom. The van der Waals surface area contributed by atoms with E-state index in [4.69, 9.17) is 4.74 Å². The highest BCUT2D eigenvalue weighted by Crippen LogP contribution is 2.29. The third-order valence-corrected chi connectivity index (χ3v) is 3.69. The fraction of sp³-hybridized carbons (Fsp3) is 1.00. The lowest BCUT2D eigenvalue weighted by atomic mass is 9.88. The van der Waals surface area contributed by atoms with Crippen molar-refractivity contribution in [1.29, 1.82) is 0 Å². The lowest BCUT2D eigenvalue weighted by Gasteiger charge is -2.49. The Kier molecular flexibility index (Phi) is 2.82. The molecule has 2 heterocycles. The molecule has 0 aliphatic carbocycles. The fourth-order valence-electron chi connectivity index (χ4n) is 2.49. The van der Waals surface area contributed by atoms with Gasteiger partial charge >= 0.3 is 0 Å². The zero-order valence-corrected chi connectivity index (χ0v) is 9.36. The van der Waals surface area contributed by atoms with Gasteiger partial charge in [-0.1, -0.05) is 6.92 Å². The minimum atomic E-state index is -0.0682. The van der Waals surface area contributed by atoms with Crippen LogP contribution in [0.15, 0.2) is 0 Å². The Hall–Kier alpha value is -0.120. The number of hydrogen-bond acceptors (Lipinski definition) is 3. The average Bonchev–Trinajstić information content (AvgIpc) is 2.19. The number of nitrogens with one attached hydrogen (secondary N) is 2. The molecule has 2 unspecified atom stereocenters. The fourth-order valence-corrected chi connectivity index (χ4v) is 2.49. The Morgan fingerprint density at radius 1 is 1.36 bits per heavy atom. The average molecular weight is 198 g/mol. The summed E-state index contributed by atoms with van der Waals surface area (Å²) in [6, 6.07) is 0. The van der Waals surface area contributed by atoms with E-state index in [1.807, 2.05) is 0 Å². The second kappa shape index (κ2) is 3.80. The van der Waals surface area contributed by atoms with Crippen LogP contribution < -0.4 is 10.6 Å². The van der Waals surface area contributed by atoms with Crippen molar-refractivity contribution in [3.63, 3.8) is 0 Å². The van der Waals surface area contributed by atoms with Crippen molar-refractivity contribution in [2.75, 3.05) is 19.7 Å². The van der Waals surface area contributed by atoms with Gasteiger partial charge < -0.3 is 10.1 Å². The summed E-state index contributed by atoms with van der Waals surface area (Å²) in [6.07, 6.45) is 4.67. The molecule has 14 heavy (non-hydrogen) atoms. The molecule has 0 bridgehead atoms. The molecular formula is C11H22N2O. The van der Waals surface area contributed by atoms with Gasteiger partial charge in [0.25, 0.3) is 0 Å². The maximum absolute atomic E-state index is 5.93. The van der Waals surface area contributed by atoms with Gasteiger partial charge in [0.1, 0.15) is 5.72 Å². The van der Waals surface area contributed by atoms with Crippen molar-refractivity contribution in [2.24, 2.45) is 0 Å². The molecule has 0 aromatic carbocycles. The number of piperidine rings is 1. The number of hydrogen-bond donors (Lipinski definition) is 2. The number of rotatable bonds is 1. The molecular weight excluding hydrogens is 176 g/mol. The van der Waals surface area contributed by atoms with E-state index in [1.54, 1.807) is 0 Å². The van der Waals surface area contributed by atoms with Crippen molar-refractivity contribution in [3.05, 3.63) is 0 Å². The molecule has 0 radical (unpaired) electrons. The van der Waals surface area contributed by atoms with Crippen molar-refractivity contribution in [3.8, 4) is 0 Å². The van der Waals surface area contributed by atoms with Crippen molar-refractivity contribution >= 4 is 0 Å². The van der Waals surface area contributed by atoms with Gasteiger partial charge in [-0.2, -0.15) is 0 Å². The minimum absolute atomic E-state index is 0.0682. The van der Waals surface area contributed by atoms with Crippen LogP contribution in [0.25, 0.3) is 0 Å². The third kappa shape index (κ3) is 1.95. The van der Waals surface area contributed by atoms with Gasteiger partial charge in [-0.3, -0.25) is 5.32 Å². The van der Waals surface area contributed by atoms with Gasteiger partial charge in [0.05, 0.1) is 6.61 Å². The van der Waals surface area contributed by atoms with Gasteiger partial charge in [-0.25, -0.2) is 0 Å². The van der Waals surface area contributed by atoms with Crippen LogP contribution in [0.4, 0.5) is 0 Å². The first-order chi connectivity index (χ1) is 6.68. The molecule has 2 atom stereocenters. The van der Waals surface area contributed by atoms with Gasteiger partial charge in [-0.05, 0) is 39.2 Å². The van der Waals surface area contributed by atoms with Crippen LogP contribution in [0, 0.1) is 0 Å². The third-order valence-electron chi connectivity index (χ3n) is 3.69. The van der Waals surface area contributed by atoms with E-state index in [0.29, 0.717) is 0 Å². The lowest BCUT2D eigenvalue weighted by molar-refractivity contribution is -0.140. The van der Waals surface area contributed by atoms with E-state index in [2.05, 4.69) is 24.5 Å². The van der Waals surface area contributed by atoms with Crippen LogP contribution >= 0.6 is 0 Å². The molecule has 2 saturated heterocycles. The zero-order chi connectivity index (χ0) is 10.1. The molecule has 0 saturated carbocycles. The van der Waals surface area contributed by atoms with Crippen LogP contribution in [0.2, 0.25) is 0 Å². The summed E-state index contributed by atoms with van der Waals surface area (Å²) in [5, 5.41) is 7.13. The van der Waals surface area contributed by atoms with E-state index in [0.717, 1.165) is 32.5 Å². The molecule has 1 spiro atoms. The van der Waals surface area contributed by atoms with Gasteiger partial charge in [0, 0.05) is 12.1 Å². The summed E-state index contributed by atoms with van der Waals surface area (Å²) in [7, 11) is 0. The minimum Gasteiger partial charge on any atom is -0.359 e. The molecule has 3 nitrogen and oxygen atoms in total. The second-order valence-corrected chi connectivity index (χ2v) is 4.91. The highest BCUT2D eigenvalue weighted by atomic mass is 16.5. The van der Waals surface area contributed by atoms with E-state index in [-0.39, 0.29) is 11.3 Å². The molecule has 0 aromatic heterocycles. The molecule has 3 heteroatoms. The Labute approximate surface area is 86.6 Å². The molecule has 2 aliphatic rings. The molecule has 82 valence electrons. The normalized spacial score (nSPS) is 44.1. The predicted octanol–water partition coefficient (Wildman–Crippen LogP) is 1.24. The maximum Gasteiger partial charge on any atom is 0.132 e. The molecule has 2 aliphatic heterocycles. The van der Waals surface area contributed by atoms with Gasteiger partial charge in [0.2, 0.25) is 0 Å². The first kappa shape index (κ1) is 10.4. The highest BCUT2D eigenvalue weighted by Gasteiger charge is 2.42. The van der Waals surface area contributed by atoms with Gasteiger partial charge in [0.15, 0.2) is 0 Å². The molecule has 2 rings (SSSR count). The van der Waals surface area contributed by atoms with Crippen molar-refractivity contribution in [2.45, 2.75) is 50.8 Å². The van der Waals surface area contributed by atoms with E-state index in [9.17, 15) is 0 Å². The molecule has 2 N–H and O–H groups in total. The number of ether oxygens (including phenoxy) is 1. The summed E-state index contributed by atoms with van der Waals surface area (Å²) in [5.74, 6) is 0. The first-order valence-corrected chi connectivity index (χ1v) is 5.82. The topological polar surface area (TPSA) is 33.3 Å². The zero-order valence-electron chi connectivity index (χ0n) is 9.36. The van der Waals surface area contributed by atoms with E-state index in [1.165, 1.54) is 12.8 Å². The quantitative estimate of drug-likeness (QED) is 0.665. The smallest absolute Gasteiger partial charge is 0.132 e. The Morgan fingerprint density at radius 3 is 2.86 bits per heavy atom. The predicted molar refractivity (Wildman–Crippen MR) is 57.2 cm³/mol. The molecule has 2 fully saturated rings. The van der Waals surface area contributed by atoms with Crippen LogP contribution in [0.3, 0.4) is 0 Å². The molecule has 0 amide bonds.